The Balaban J connectivity index is 5.18. The van der Waals surface area contributed by atoms with Gasteiger partial charge in [0.25, 0.3) is 0 Å². The van der Waals surface area contributed by atoms with Crippen molar-refractivity contribution in [3.05, 3.63) is 0 Å². The van der Waals surface area contributed by atoms with Crippen molar-refractivity contribution in [3.63, 3.8) is 0 Å². The van der Waals surface area contributed by atoms with Crippen LogP contribution in [0.3, 0.4) is 0 Å². The van der Waals surface area contributed by atoms with Crippen molar-refractivity contribution in [1.29, 1.82) is 0 Å². The summed E-state index contributed by atoms with van der Waals surface area (Å²) in [5.74, 6) is 0. The zero-order valence-corrected chi connectivity index (χ0v) is 15.4. The molecule has 0 aliphatic heterocycles. The fourth-order valence-electron chi connectivity index (χ4n) is 0.770. The number of alkyl halides is 8. The molecule has 0 spiro atoms. The zero-order chi connectivity index (χ0) is 18.7. The van der Waals surface area contributed by atoms with Crippen LogP contribution in [-0.2, 0) is 28.6 Å². The van der Waals surface area contributed by atoms with Gasteiger partial charge in [-0.1, -0.05) is 31.9 Å². The molecule has 23 heavy (non-hydrogen) atoms. The minimum absolute atomic E-state index is 0.425. The largest absolute Gasteiger partial charge is 0.523 e. The number of hydrogen-bond donors (Lipinski definition) is 0. The lowest BCUT2D eigenvalue weighted by molar-refractivity contribution is -0.0597. The Morgan fingerprint density at radius 3 is 1.13 bits per heavy atom. The van der Waals surface area contributed by atoms with Gasteiger partial charge in [0, 0.05) is 16.1 Å². The predicted octanol–water partition coefficient (Wildman–Crippen LogP) is 2.50. The zero-order valence-electron chi connectivity index (χ0n) is 10.6. The van der Waals surface area contributed by atoms with Crippen molar-refractivity contribution >= 4 is 52.1 Å². The van der Waals surface area contributed by atoms with E-state index in [4.69, 9.17) is 0 Å². The van der Waals surface area contributed by atoms with Crippen LogP contribution in [0.1, 0.15) is 0 Å². The first-order valence-corrected chi connectivity index (χ1v) is 10.1. The summed E-state index contributed by atoms with van der Waals surface area (Å²) in [6.45, 7) is -2.56. The fraction of sp³-hybridized carbons (Fsp3) is 1.00. The topological polar surface area (TPSA) is 86.7 Å². The van der Waals surface area contributed by atoms with Crippen LogP contribution in [-0.4, -0.2) is 51.7 Å². The van der Waals surface area contributed by atoms with E-state index in [1.165, 1.54) is 0 Å². The van der Waals surface area contributed by atoms with E-state index in [-0.39, 0.29) is 0 Å². The number of halogens is 8. The van der Waals surface area contributed by atoms with E-state index in [2.05, 4.69) is 40.2 Å². The van der Waals surface area contributed by atoms with Gasteiger partial charge >= 0.3 is 31.3 Å². The normalized spacial score (nSPS) is 15.0. The van der Waals surface area contributed by atoms with E-state index < -0.39 is 60.5 Å². The van der Waals surface area contributed by atoms with Gasteiger partial charge in [-0.2, -0.15) is 43.2 Å². The lowest BCUT2D eigenvalue weighted by atomic mass is 9.97. The molecule has 0 atom stereocenters. The summed E-state index contributed by atoms with van der Waals surface area (Å²) >= 11 is 5.45. The number of hydrogen-bond acceptors (Lipinski definition) is 6. The summed E-state index contributed by atoms with van der Waals surface area (Å²) < 4.78 is 123. The average Bonchev–Trinajstić information content (AvgIpc) is 2.37. The molecule has 0 bridgehead atoms. The van der Waals surface area contributed by atoms with E-state index >= 15 is 0 Å². The van der Waals surface area contributed by atoms with Crippen LogP contribution in [0.4, 0.5) is 26.3 Å². The Bertz CT molecular complexity index is 544. The molecule has 0 amide bonds. The Morgan fingerprint density at radius 2 is 0.957 bits per heavy atom. The lowest BCUT2D eigenvalue weighted by Gasteiger charge is -2.28. The van der Waals surface area contributed by atoms with E-state index in [9.17, 15) is 43.2 Å². The van der Waals surface area contributed by atoms with Crippen molar-refractivity contribution in [3.8, 4) is 0 Å². The van der Waals surface area contributed by atoms with Gasteiger partial charge in [0.1, 0.15) is 0 Å². The van der Waals surface area contributed by atoms with Gasteiger partial charge in [-0.05, 0) is 0 Å². The minimum Gasteiger partial charge on any atom is -0.262 e. The van der Waals surface area contributed by atoms with Crippen LogP contribution >= 0.6 is 31.9 Å². The van der Waals surface area contributed by atoms with Crippen LogP contribution in [0.5, 0.6) is 0 Å². The summed E-state index contributed by atoms with van der Waals surface area (Å²) in [6.07, 6.45) is 0. The molecule has 0 radical (unpaired) electrons. The van der Waals surface area contributed by atoms with E-state index in [0.717, 1.165) is 0 Å². The van der Waals surface area contributed by atoms with Crippen LogP contribution < -0.4 is 0 Å². The molecular formula is C7H8Br2F6O6S2. The van der Waals surface area contributed by atoms with Crippen molar-refractivity contribution in [2.75, 3.05) is 23.9 Å². The van der Waals surface area contributed by atoms with Crippen molar-refractivity contribution in [2.45, 2.75) is 11.0 Å². The van der Waals surface area contributed by atoms with Crippen LogP contribution in [0.25, 0.3) is 0 Å². The molecule has 0 aliphatic carbocycles. The molecule has 0 aromatic carbocycles. The second-order valence-electron chi connectivity index (χ2n) is 4.09. The maximum Gasteiger partial charge on any atom is 0.523 e. The highest BCUT2D eigenvalue weighted by Crippen LogP contribution is 2.32. The molecule has 0 aromatic heterocycles. The molecule has 0 saturated carbocycles. The van der Waals surface area contributed by atoms with Gasteiger partial charge in [0.2, 0.25) is 0 Å². The average molecular weight is 526 g/mol. The van der Waals surface area contributed by atoms with Crippen molar-refractivity contribution in [1.82, 2.24) is 0 Å². The smallest absolute Gasteiger partial charge is 0.262 e. The Labute approximate surface area is 144 Å². The first-order valence-electron chi connectivity index (χ1n) is 5.07. The molecule has 0 rings (SSSR count). The van der Waals surface area contributed by atoms with Crippen molar-refractivity contribution in [2.24, 2.45) is 5.41 Å². The third-order valence-corrected chi connectivity index (χ3v) is 6.54. The molecule has 0 N–H and O–H groups in total. The van der Waals surface area contributed by atoms with Gasteiger partial charge in [-0.15, -0.1) is 0 Å². The second-order valence-corrected chi connectivity index (χ2v) is 8.43. The SMILES string of the molecule is O=S(=O)(OCC(CBr)(CBr)COS(=O)(=O)C(F)(F)F)C(F)(F)F. The molecule has 0 heterocycles. The third-order valence-electron chi connectivity index (χ3n) is 2.17. The Morgan fingerprint density at radius 1 is 0.696 bits per heavy atom. The van der Waals surface area contributed by atoms with Crippen LogP contribution in [0.15, 0.2) is 0 Å². The molecule has 6 nitrogen and oxygen atoms in total. The first-order chi connectivity index (χ1) is 10.0. The Kier molecular flexibility index (Phi) is 7.84. The van der Waals surface area contributed by atoms with Crippen molar-refractivity contribution < 1.29 is 51.5 Å². The molecule has 0 aliphatic rings. The quantitative estimate of drug-likeness (QED) is 0.209. The lowest BCUT2D eigenvalue weighted by Crippen LogP contribution is -2.41. The molecular weight excluding hydrogens is 518 g/mol. The highest BCUT2D eigenvalue weighted by atomic mass is 79.9. The van der Waals surface area contributed by atoms with E-state index in [0.29, 0.717) is 0 Å². The van der Waals surface area contributed by atoms with Gasteiger partial charge < -0.3 is 0 Å². The maximum atomic E-state index is 12.1. The second kappa shape index (κ2) is 7.72. The van der Waals surface area contributed by atoms with Crippen LogP contribution in [0, 0.1) is 5.41 Å². The van der Waals surface area contributed by atoms with E-state index in [1.54, 1.807) is 0 Å². The summed E-state index contributed by atoms with van der Waals surface area (Å²) in [5.41, 5.74) is -13.3. The third kappa shape index (κ3) is 6.30. The van der Waals surface area contributed by atoms with Gasteiger partial charge in [-0.3, -0.25) is 8.37 Å². The fourth-order valence-corrected chi connectivity index (χ4v) is 3.42. The summed E-state index contributed by atoms with van der Waals surface area (Å²) in [5, 5.41) is -0.849. The molecule has 0 fully saturated rings. The first kappa shape index (κ1) is 23.4. The van der Waals surface area contributed by atoms with E-state index in [1.807, 2.05) is 0 Å². The monoisotopic (exact) mass is 524 g/mol. The molecule has 0 aromatic rings. The molecule has 0 unspecified atom stereocenters. The van der Waals surface area contributed by atoms with Gasteiger partial charge in [0.05, 0.1) is 13.2 Å². The van der Waals surface area contributed by atoms with Gasteiger partial charge in [0.15, 0.2) is 0 Å². The highest BCUT2D eigenvalue weighted by molar-refractivity contribution is 9.09. The highest BCUT2D eigenvalue weighted by Gasteiger charge is 2.50. The summed E-state index contributed by atoms with van der Waals surface area (Å²) in [6, 6.07) is 0. The maximum absolute atomic E-state index is 12.1. The number of rotatable bonds is 8. The molecule has 0 saturated heterocycles. The molecule has 16 heteroatoms. The summed E-state index contributed by atoms with van der Waals surface area (Å²) in [4.78, 5) is 0. The minimum atomic E-state index is -6.00. The Hall–Kier alpha value is 0.360. The van der Waals surface area contributed by atoms with Crippen LogP contribution in [0.2, 0.25) is 0 Å². The summed E-state index contributed by atoms with van der Waals surface area (Å²) in [7, 11) is -12.0. The van der Waals surface area contributed by atoms with Gasteiger partial charge in [-0.25, -0.2) is 0 Å². The predicted molar refractivity (Wildman–Crippen MR) is 71.9 cm³/mol. The standard InChI is InChI=1S/C7H8Br2F6O6S2/c8-1-5(2-9,3-20-22(16,17)6(10,11)12)4-21-23(18,19)7(13,14)15/h1-4H2. The molecule has 140 valence electrons.